The van der Waals surface area contributed by atoms with Gasteiger partial charge in [-0.2, -0.15) is 0 Å². The van der Waals surface area contributed by atoms with Crippen LogP contribution in [0.3, 0.4) is 0 Å². The number of sulfonamides is 1. The normalized spacial score (nSPS) is 20.4. The molecule has 1 aliphatic rings. The fourth-order valence-corrected chi connectivity index (χ4v) is 3.69. The van der Waals surface area contributed by atoms with Gasteiger partial charge < -0.3 is 0 Å². The van der Waals surface area contributed by atoms with E-state index in [1.165, 1.54) is 18.3 Å². The van der Waals surface area contributed by atoms with Crippen LogP contribution in [-0.2, 0) is 10.0 Å². The van der Waals surface area contributed by atoms with E-state index in [1.54, 1.807) is 0 Å². The zero-order chi connectivity index (χ0) is 14.1. The Hall–Kier alpha value is -0.650. The number of nitrogens with one attached hydrogen (secondary N) is 1. The van der Waals surface area contributed by atoms with Crippen LogP contribution in [-0.4, -0.2) is 19.4 Å². The molecule has 19 heavy (non-hydrogen) atoms. The molecule has 0 saturated heterocycles. The summed E-state index contributed by atoms with van der Waals surface area (Å²) in [6.07, 6.45) is 5.13. The van der Waals surface area contributed by atoms with Crippen molar-refractivity contribution in [2.24, 2.45) is 5.41 Å². The Labute approximate surface area is 119 Å². The van der Waals surface area contributed by atoms with Gasteiger partial charge in [-0.25, -0.2) is 18.1 Å². The molecule has 0 amide bonds. The SMILES string of the molecule is CC1(C)CCC(NS(=O)(=O)c2ccc(Cl)nc2)CC1. The summed E-state index contributed by atoms with van der Waals surface area (Å²) in [4.78, 5) is 3.98. The molecule has 0 spiro atoms. The highest BCUT2D eigenvalue weighted by atomic mass is 35.5. The zero-order valence-electron chi connectivity index (χ0n) is 11.2. The summed E-state index contributed by atoms with van der Waals surface area (Å²) < 4.78 is 27.1. The van der Waals surface area contributed by atoms with Crippen LogP contribution in [0.25, 0.3) is 0 Å². The van der Waals surface area contributed by atoms with E-state index in [2.05, 4.69) is 23.6 Å². The molecule has 0 bridgehead atoms. The number of hydrogen-bond acceptors (Lipinski definition) is 3. The third-order valence-electron chi connectivity index (χ3n) is 3.67. The molecule has 1 heterocycles. The fourth-order valence-electron chi connectivity index (χ4n) is 2.33. The van der Waals surface area contributed by atoms with Crippen molar-refractivity contribution in [2.45, 2.75) is 50.5 Å². The van der Waals surface area contributed by atoms with Gasteiger partial charge in [0, 0.05) is 12.2 Å². The van der Waals surface area contributed by atoms with Gasteiger partial charge in [0.15, 0.2) is 0 Å². The molecule has 0 unspecified atom stereocenters. The molecule has 1 aliphatic carbocycles. The van der Waals surface area contributed by atoms with Crippen LogP contribution in [0.2, 0.25) is 5.15 Å². The average Bonchev–Trinajstić information content (AvgIpc) is 2.32. The molecular weight excluding hydrogens is 284 g/mol. The first-order valence-electron chi connectivity index (χ1n) is 6.42. The number of rotatable bonds is 3. The number of hydrogen-bond donors (Lipinski definition) is 1. The molecule has 4 nitrogen and oxygen atoms in total. The summed E-state index contributed by atoms with van der Waals surface area (Å²) in [5, 5.41) is 0.290. The molecule has 106 valence electrons. The van der Waals surface area contributed by atoms with Crippen molar-refractivity contribution < 1.29 is 8.42 Å². The topological polar surface area (TPSA) is 59.1 Å². The Morgan fingerprint density at radius 1 is 1.32 bits per heavy atom. The maximum absolute atomic E-state index is 12.2. The van der Waals surface area contributed by atoms with E-state index >= 15 is 0 Å². The van der Waals surface area contributed by atoms with E-state index in [4.69, 9.17) is 11.6 Å². The monoisotopic (exact) mass is 302 g/mol. The van der Waals surface area contributed by atoms with Crippen LogP contribution >= 0.6 is 11.6 Å². The molecule has 2 rings (SSSR count). The standard InChI is InChI=1S/C13H19ClN2O2S/c1-13(2)7-5-10(6-8-13)16-19(17,18)11-3-4-12(14)15-9-11/h3-4,9-10,16H,5-8H2,1-2H3. The molecule has 1 N–H and O–H groups in total. The Morgan fingerprint density at radius 2 is 1.95 bits per heavy atom. The van der Waals surface area contributed by atoms with Crippen LogP contribution in [0.15, 0.2) is 23.2 Å². The quantitative estimate of drug-likeness (QED) is 0.873. The minimum atomic E-state index is -3.49. The lowest BCUT2D eigenvalue weighted by atomic mass is 9.76. The number of pyridine rings is 1. The van der Waals surface area contributed by atoms with Gasteiger partial charge >= 0.3 is 0 Å². The molecule has 0 atom stereocenters. The molecule has 0 radical (unpaired) electrons. The summed E-state index contributed by atoms with van der Waals surface area (Å²) in [5.41, 5.74) is 0.323. The third kappa shape index (κ3) is 3.91. The van der Waals surface area contributed by atoms with Crippen LogP contribution in [0.5, 0.6) is 0 Å². The second kappa shape index (κ2) is 5.38. The van der Waals surface area contributed by atoms with E-state index in [0.29, 0.717) is 10.6 Å². The van der Waals surface area contributed by atoms with E-state index in [0.717, 1.165) is 25.7 Å². The molecule has 0 aliphatic heterocycles. The second-order valence-electron chi connectivity index (χ2n) is 5.88. The summed E-state index contributed by atoms with van der Waals surface area (Å²) in [5.74, 6) is 0. The Morgan fingerprint density at radius 3 is 2.47 bits per heavy atom. The van der Waals surface area contributed by atoms with Crippen LogP contribution < -0.4 is 4.72 Å². The maximum atomic E-state index is 12.2. The summed E-state index contributed by atoms with van der Waals surface area (Å²) in [6.45, 7) is 4.45. The first-order chi connectivity index (χ1) is 8.78. The van der Waals surface area contributed by atoms with Crippen molar-refractivity contribution in [2.75, 3.05) is 0 Å². The Kier molecular flexibility index (Phi) is 4.18. The molecule has 6 heteroatoms. The lowest BCUT2D eigenvalue weighted by Gasteiger charge is -2.34. The molecule has 1 saturated carbocycles. The highest BCUT2D eigenvalue weighted by molar-refractivity contribution is 7.89. The van der Waals surface area contributed by atoms with Gasteiger partial charge in [0.25, 0.3) is 0 Å². The van der Waals surface area contributed by atoms with Gasteiger partial charge in [0.05, 0.1) is 0 Å². The van der Waals surface area contributed by atoms with Gasteiger partial charge in [0.2, 0.25) is 10.0 Å². The zero-order valence-corrected chi connectivity index (χ0v) is 12.8. The molecule has 1 aromatic heterocycles. The average molecular weight is 303 g/mol. The predicted molar refractivity (Wildman–Crippen MR) is 75.6 cm³/mol. The summed E-state index contributed by atoms with van der Waals surface area (Å²) in [7, 11) is -3.49. The van der Waals surface area contributed by atoms with Gasteiger partial charge in [-0.1, -0.05) is 25.4 Å². The van der Waals surface area contributed by atoms with E-state index < -0.39 is 10.0 Å². The van der Waals surface area contributed by atoms with Gasteiger partial charge in [-0.05, 0) is 43.2 Å². The first kappa shape index (κ1) is 14.8. The van der Waals surface area contributed by atoms with Gasteiger partial charge in [-0.3, -0.25) is 0 Å². The lowest BCUT2D eigenvalue weighted by molar-refractivity contribution is 0.218. The van der Waals surface area contributed by atoms with Gasteiger partial charge in [0.1, 0.15) is 10.0 Å². The van der Waals surface area contributed by atoms with Crippen LogP contribution in [0.4, 0.5) is 0 Å². The minimum Gasteiger partial charge on any atom is -0.243 e. The second-order valence-corrected chi connectivity index (χ2v) is 7.98. The third-order valence-corrected chi connectivity index (χ3v) is 5.40. The number of nitrogens with zero attached hydrogens (tertiary/aromatic N) is 1. The van der Waals surface area contributed by atoms with Crippen LogP contribution in [0.1, 0.15) is 39.5 Å². The molecule has 0 aromatic carbocycles. The van der Waals surface area contributed by atoms with Crippen molar-refractivity contribution in [3.8, 4) is 0 Å². The highest BCUT2D eigenvalue weighted by Crippen LogP contribution is 2.35. The van der Waals surface area contributed by atoms with E-state index in [-0.39, 0.29) is 10.9 Å². The van der Waals surface area contributed by atoms with Gasteiger partial charge in [-0.15, -0.1) is 0 Å². The van der Waals surface area contributed by atoms with E-state index in [1.807, 2.05) is 0 Å². The van der Waals surface area contributed by atoms with Crippen molar-refractivity contribution in [3.05, 3.63) is 23.5 Å². The van der Waals surface area contributed by atoms with Crippen molar-refractivity contribution >= 4 is 21.6 Å². The predicted octanol–water partition coefficient (Wildman–Crippen LogP) is 2.98. The Balaban J connectivity index is 2.04. The number of aromatic nitrogens is 1. The molecular formula is C13H19ClN2O2S. The lowest BCUT2D eigenvalue weighted by Crippen LogP contribution is -2.39. The number of halogens is 1. The first-order valence-corrected chi connectivity index (χ1v) is 8.29. The molecule has 1 fully saturated rings. The smallest absolute Gasteiger partial charge is 0.242 e. The summed E-state index contributed by atoms with van der Waals surface area (Å²) in [6, 6.07) is 2.98. The van der Waals surface area contributed by atoms with E-state index in [9.17, 15) is 8.42 Å². The maximum Gasteiger partial charge on any atom is 0.242 e. The summed E-state index contributed by atoms with van der Waals surface area (Å²) >= 11 is 5.66. The van der Waals surface area contributed by atoms with Crippen LogP contribution in [0, 0.1) is 5.41 Å². The minimum absolute atomic E-state index is 0.0219. The molecule has 1 aromatic rings. The van der Waals surface area contributed by atoms with Crippen molar-refractivity contribution in [3.63, 3.8) is 0 Å². The largest absolute Gasteiger partial charge is 0.243 e. The van der Waals surface area contributed by atoms with Crippen molar-refractivity contribution in [1.29, 1.82) is 0 Å². The highest BCUT2D eigenvalue weighted by Gasteiger charge is 2.29. The van der Waals surface area contributed by atoms with Crippen molar-refractivity contribution in [1.82, 2.24) is 9.71 Å². The fraction of sp³-hybridized carbons (Fsp3) is 0.615. The Bertz CT molecular complexity index is 530.